The van der Waals surface area contributed by atoms with Crippen LogP contribution in [0.5, 0.6) is 11.5 Å². The van der Waals surface area contributed by atoms with Gasteiger partial charge in [-0.25, -0.2) is 4.98 Å². The molecule has 146 valence electrons. The number of fused-ring (bicyclic) bond motifs is 1. The molecule has 1 aromatic carbocycles. The van der Waals surface area contributed by atoms with Crippen LogP contribution in [0, 0.1) is 6.92 Å². The van der Waals surface area contributed by atoms with Gasteiger partial charge < -0.3 is 14.4 Å². The van der Waals surface area contributed by atoms with Crippen molar-refractivity contribution in [1.82, 2.24) is 19.7 Å². The first-order chi connectivity index (χ1) is 13.5. The number of rotatable bonds is 4. The molecule has 1 fully saturated rings. The minimum atomic E-state index is -0.00469. The van der Waals surface area contributed by atoms with Crippen molar-refractivity contribution in [1.29, 1.82) is 0 Å². The summed E-state index contributed by atoms with van der Waals surface area (Å²) < 4.78 is 12.5. The fourth-order valence-electron chi connectivity index (χ4n) is 4.01. The normalized spacial score (nSPS) is 16.6. The summed E-state index contributed by atoms with van der Waals surface area (Å²) in [5.74, 6) is 1.35. The Kier molecular flexibility index (Phi) is 4.66. The van der Waals surface area contributed by atoms with Gasteiger partial charge in [-0.2, -0.15) is 5.10 Å². The molecule has 1 aliphatic heterocycles. The van der Waals surface area contributed by atoms with E-state index in [1.165, 1.54) is 0 Å². The molecule has 1 atom stereocenters. The van der Waals surface area contributed by atoms with Gasteiger partial charge in [-0.3, -0.25) is 9.48 Å². The van der Waals surface area contributed by atoms with Crippen LogP contribution in [-0.2, 0) is 7.05 Å². The van der Waals surface area contributed by atoms with Crippen molar-refractivity contribution in [2.24, 2.45) is 7.05 Å². The van der Waals surface area contributed by atoms with Gasteiger partial charge in [0.05, 0.1) is 31.5 Å². The highest BCUT2D eigenvalue weighted by molar-refractivity contribution is 5.97. The average molecular weight is 380 g/mol. The SMILES string of the molecule is COc1ccc([C@H]2CCCN2C(=O)c2cnc3c(c2)c(C)nn3C)cc1OC. The van der Waals surface area contributed by atoms with Crippen LogP contribution in [-0.4, -0.2) is 46.3 Å². The molecular formula is C21H24N4O3. The van der Waals surface area contributed by atoms with Crippen molar-refractivity contribution >= 4 is 16.9 Å². The van der Waals surface area contributed by atoms with Crippen LogP contribution < -0.4 is 9.47 Å². The van der Waals surface area contributed by atoms with Gasteiger partial charge in [0.1, 0.15) is 0 Å². The van der Waals surface area contributed by atoms with Crippen LogP contribution in [0.15, 0.2) is 30.5 Å². The van der Waals surface area contributed by atoms with Gasteiger partial charge in [-0.1, -0.05) is 6.07 Å². The van der Waals surface area contributed by atoms with Crippen LogP contribution in [0.1, 0.15) is 40.5 Å². The molecule has 0 bridgehead atoms. The lowest BCUT2D eigenvalue weighted by atomic mass is 10.0. The van der Waals surface area contributed by atoms with Crippen molar-refractivity contribution in [2.45, 2.75) is 25.8 Å². The second kappa shape index (κ2) is 7.14. The number of hydrogen-bond acceptors (Lipinski definition) is 5. The molecule has 28 heavy (non-hydrogen) atoms. The number of carbonyl (C=O) groups is 1. The maximum absolute atomic E-state index is 13.3. The summed E-state index contributed by atoms with van der Waals surface area (Å²) in [6.45, 7) is 2.66. The minimum Gasteiger partial charge on any atom is -0.493 e. The van der Waals surface area contributed by atoms with Crippen LogP contribution in [0.2, 0.25) is 0 Å². The number of aromatic nitrogens is 3. The molecule has 0 spiro atoms. The standard InChI is InChI=1S/C21H24N4O3/c1-13-16-10-15(12-22-20(16)24(2)23-13)21(26)25-9-5-6-17(25)14-7-8-18(27-3)19(11-14)28-4/h7-8,10-12,17H,5-6,9H2,1-4H3/t17-/m1/s1. The Morgan fingerprint density at radius 3 is 2.71 bits per heavy atom. The first-order valence-electron chi connectivity index (χ1n) is 9.35. The number of methoxy groups -OCH3 is 2. The number of benzene rings is 1. The third kappa shape index (κ3) is 2.96. The number of hydrogen-bond donors (Lipinski definition) is 0. The lowest BCUT2D eigenvalue weighted by Crippen LogP contribution is -2.30. The number of amides is 1. The van der Waals surface area contributed by atoms with Gasteiger partial charge >= 0.3 is 0 Å². The van der Waals surface area contributed by atoms with Crippen molar-refractivity contribution < 1.29 is 14.3 Å². The van der Waals surface area contributed by atoms with Crippen molar-refractivity contribution in [3.63, 3.8) is 0 Å². The molecule has 1 amide bonds. The molecule has 1 aliphatic rings. The molecule has 7 heteroatoms. The number of pyridine rings is 1. The second-order valence-corrected chi connectivity index (χ2v) is 7.08. The molecule has 2 aromatic heterocycles. The summed E-state index contributed by atoms with van der Waals surface area (Å²) in [5.41, 5.74) is 3.30. The van der Waals surface area contributed by atoms with Crippen LogP contribution in [0.3, 0.4) is 0 Å². The Labute approximate surface area is 163 Å². The largest absolute Gasteiger partial charge is 0.493 e. The van der Waals surface area contributed by atoms with Crippen LogP contribution >= 0.6 is 0 Å². The van der Waals surface area contributed by atoms with E-state index < -0.39 is 0 Å². The van der Waals surface area contributed by atoms with E-state index in [0.29, 0.717) is 17.1 Å². The lowest BCUT2D eigenvalue weighted by molar-refractivity contribution is 0.0735. The van der Waals surface area contributed by atoms with Crippen LogP contribution in [0.25, 0.3) is 11.0 Å². The van der Waals surface area contributed by atoms with Crippen molar-refractivity contribution in [3.05, 3.63) is 47.3 Å². The van der Waals surface area contributed by atoms with E-state index in [1.54, 1.807) is 25.1 Å². The Morgan fingerprint density at radius 1 is 1.18 bits per heavy atom. The summed E-state index contributed by atoms with van der Waals surface area (Å²) in [7, 11) is 5.10. The van der Waals surface area contributed by atoms with E-state index in [-0.39, 0.29) is 11.9 Å². The summed E-state index contributed by atoms with van der Waals surface area (Å²) in [5, 5.41) is 5.30. The number of carbonyl (C=O) groups excluding carboxylic acids is 1. The number of aryl methyl sites for hydroxylation is 2. The summed E-state index contributed by atoms with van der Waals surface area (Å²) in [6.07, 6.45) is 3.53. The minimum absolute atomic E-state index is 0.00469. The quantitative estimate of drug-likeness (QED) is 0.695. The molecule has 7 nitrogen and oxygen atoms in total. The van der Waals surface area contributed by atoms with E-state index in [4.69, 9.17) is 9.47 Å². The molecule has 0 aliphatic carbocycles. The summed E-state index contributed by atoms with van der Waals surface area (Å²) >= 11 is 0. The highest BCUT2D eigenvalue weighted by atomic mass is 16.5. The van der Waals surface area contributed by atoms with Crippen LogP contribution in [0.4, 0.5) is 0 Å². The lowest BCUT2D eigenvalue weighted by Gasteiger charge is -2.25. The van der Waals surface area contributed by atoms with Gasteiger partial charge in [-0.05, 0) is 43.5 Å². The maximum atomic E-state index is 13.3. The molecule has 0 unspecified atom stereocenters. The predicted octanol–water partition coefficient (Wildman–Crippen LogP) is 3.27. The molecule has 1 saturated heterocycles. The zero-order valence-electron chi connectivity index (χ0n) is 16.6. The molecule has 0 radical (unpaired) electrons. The van der Waals surface area contributed by atoms with Gasteiger partial charge in [0.15, 0.2) is 17.1 Å². The summed E-state index contributed by atoms with van der Waals surface area (Å²) in [6, 6.07) is 7.77. The highest BCUT2D eigenvalue weighted by Gasteiger charge is 2.31. The topological polar surface area (TPSA) is 69.5 Å². The Morgan fingerprint density at radius 2 is 1.96 bits per heavy atom. The average Bonchev–Trinajstić information content (AvgIpc) is 3.31. The zero-order chi connectivity index (χ0) is 19.8. The fourth-order valence-corrected chi connectivity index (χ4v) is 4.01. The first kappa shape index (κ1) is 18.3. The third-order valence-electron chi connectivity index (χ3n) is 5.42. The number of nitrogens with zero attached hydrogens (tertiary/aromatic N) is 4. The fraction of sp³-hybridized carbons (Fsp3) is 0.381. The smallest absolute Gasteiger partial charge is 0.255 e. The molecule has 4 rings (SSSR count). The van der Waals surface area contributed by atoms with E-state index in [9.17, 15) is 4.79 Å². The van der Waals surface area contributed by atoms with Gasteiger partial charge in [0, 0.05) is 25.2 Å². The van der Waals surface area contributed by atoms with Gasteiger partial charge in [0.25, 0.3) is 5.91 Å². The highest BCUT2D eigenvalue weighted by Crippen LogP contribution is 2.37. The predicted molar refractivity (Wildman–Crippen MR) is 106 cm³/mol. The Balaban J connectivity index is 1.66. The van der Waals surface area contributed by atoms with Crippen molar-refractivity contribution in [2.75, 3.05) is 20.8 Å². The number of likely N-dealkylation sites (tertiary alicyclic amines) is 1. The van der Waals surface area contributed by atoms with E-state index >= 15 is 0 Å². The maximum Gasteiger partial charge on any atom is 0.255 e. The molecule has 0 N–H and O–H groups in total. The Hall–Kier alpha value is -3.09. The first-order valence-corrected chi connectivity index (χ1v) is 9.35. The third-order valence-corrected chi connectivity index (χ3v) is 5.42. The monoisotopic (exact) mass is 380 g/mol. The van der Waals surface area contributed by atoms with E-state index in [2.05, 4.69) is 10.1 Å². The zero-order valence-corrected chi connectivity index (χ0v) is 16.6. The van der Waals surface area contributed by atoms with E-state index in [0.717, 1.165) is 41.7 Å². The van der Waals surface area contributed by atoms with Gasteiger partial charge in [0.2, 0.25) is 0 Å². The summed E-state index contributed by atoms with van der Waals surface area (Å²) in [4.78, 5) is 19.7. The molecule has 0 saturated carbocycles. The second-order valence-electron chi connectivity index (χ2n) is 7.08. The molecule has 3 aromatic rings. The molecule has 3 heterocycles. The van der Waals surface area contributed by atoms with Crippen molar-refractivity contribution in [3.8, 4) is 11.5 Å². The Bertz CT molecular complexity index is 1040. The number of ether oxygens (including phenoxy) is 2. The molecular weight excluding hydrogens is 356 g/mol. The van der Waals surface area contributed by atoms with Gasteiger partial charge in [-0.15, -0.1) is 0 Å². The van der Waals surface area contributed by atoms with E-state index in [1.807, 2.05) is 43.1 Å².